The highest BCUT2D eigenvalue weighted by molar-refractivity contribution is 5.85. The number of halogens is 1. The summed E-state index contributed by atoms with van der Waals surface area (Å²) in [6, 6.07) is 16.6. The zero-order valence-corrected chi connectivity index (χ0v) is 14.0. The summed E-state index contributed by atoms with van der Waals surface area (Å²) in [6.45, 7) is 3.14. The summed E-state index contributed by atoms with van der Waals surface area (Å²) in [7, 11) is 0. The number of benzene rings is 2. The van der Waals surface area contributed by atoms with Crippen molar-refractivity contribution in [3.8, 4) is 5.75 Å². The fourth-order valence-electron chi connectivity index (χ4n) is 2.03. The van der Waals surface area contributed by atoms with Crippen molar-refractivity contribution in [3.05, 3.63) is 65.7 Å². The number of hydrogen-bond acceptors (Lipinski definition) is 3. The van der Waals surface area contributed by atoms with Crippen LogP contribution in [0.15, 0.2) is 54.6 Å². The minimum absolute atomic E-state index is 0. The van der Waals surface area contributed by atoms with Crippen LogP contribution in [0, 0.1) is 6.92 Å². The third kappa shape index (κ3) is 6.30. The van der Waals surface area contributed by atoms with E-state index in [0.29, 0.717) is 13.2 Å². The highest BCUT2D eigenvalue weighted by Crippen LogP contribution is 2.11. The first-order chi connectivity index (χ1) is 10.7. The number of rotatable bonds is 7. The van der Waals surface area contributed by atoms with Gasteiger partial charge in [-0.25, -0.2) is 0 Å². The van der Waals surface area contributed by atoms with Gasteiger partial charge >= 0.3 is 0 Å². The van der Waals surface area contributed by atoms with Crippen LogP contribution in [0.2, 0.25) is 0 Å². The topological polar surface area (TPSA) is 64.3 Å². The predicted octanol–water partition coefficient (Wildman–Crippen LogP) is 3.00. The molecule has 0 aliphatic carbocycles. The highest BCUT2D eigenvalue weighted by Gasteiger charge is 2.14. The fourth-order valence-corrected chi connectivity index (χ4v) is 2.03. The van der Waals surface area contributed by atoms with Gasteiger partial charge in [-0.3, -0.25) is 4.79 Å². The molecule has 0 heterocycles. The molecule has 124 valence electrons. The molecule has 1 atom stereocenters. The molecular formula is C18H23ClN2O2. The van der Waals surface area contributed by atoms with Gasteiger partial charge < -0.3 is 15.8 Å². The van der Waals surface area contributed by atoms with Gasteiger partial charge in [0.05, 0.1) is 6.61 Å². The summed E-state index contributed by atoms with van der Waals surface area (Å²) in [4.78, 5) is 11.9. The molecule has 0 spiro atoms. The molecule has 0 aliphatic heterocycles. The molecule has 0 saturated heterocycles. The lowest BCUT2D eigenvalue weighted by atomic mass is 10.1. The Bertz CT molecular complexity index is 588. The third-order valence-electron chi connectivity index (χ3n) is 3.35. The standard InChI is InChI=1S/C18H22N2O2.ClH/c1-14-8-10-16(11-9-14)22-13-5-12-20-18(21)17(19)15-6-3-2-4-7-15;/h2-4,6-11,17H,5,12-13,19H2,1H3,(H,20,21);1H. The van der Waals surface area contributed by atoms with Crippen molar-refractivity contribution < 1.29 is 9.53 Å². The molecule has 0 fully saturated rings. The lowest BCUT2D eigenvalue weighted by Crippen LogP contribution is -2.35. The van der Waals surface area contributed by atoms with Crippen LogP contribution in [0.5, 0.6) is 5.75 Å². The number of aryl methyl sites for hydroxylation is 1. The van der Waals surface area contributed by atoms with Gasteiger partial charge in [0.1, 0.15) is 11.8 Å². The van der Waals surface area contributed by atoms with Gasteiger partial charge in [-0.05, 0) is 31.0 Å². The van der Waals surface area contributed by atoms with Crippen LogP contribution in [0.25, 0.3) is 0 Å². The predicted molar refractivity (Wildman–Crippen MR) is 94.9 cm³/mol. The first kappa shape index (κ1) is 19.0. The first-order valence-corrected chi connectivity index (χ1v) is 7.44. The van der Waals surface area contributed by atoms with Gasteiger partial charge in [-0.15, -0.1) is 12.4 Å². The van der Waals surface area contributed by atoms with E-state index in [0.717, 1.165) is 17.7 Å². The Kier molecular flexibility index (Phi) is 8.16. The Morgan fingerprint density at radius 3 is 2.43 bits per heavy atom. The van der Waals surface area contributed by atoms with E-state index in [1.54, 1.807) is 0 Å². The zero-order chi connectivity index (χ0) is 15.8. The second-order valence-electron chi connectivity index (χ2n) is 5.19. The van der Waals surface area contributed by atoms with Gasteiger partial charge in [0.15, 0.2) is 0 Å². The second kappa shape index (κ2) is 9.87. The number of amides is 1. The number of ether oxygens (including phenoxy) is 1. The number of hydrogen-bond donors (Lipinski definition) is 2. The Morgan fingerprint density at radius 1 is 1.13 bits per heavy atom. The summed E-state index contributed by atoms with van der Waals surface area (Å²) >= 11 is 0. The Morgan fingerprint density at radius 2 is 1.78 bits per heavy atom. The molecule has 0 aliphatic rings. The first-order valence-electron chi connectivity index (χ1n) is 7.44. The maximum atomic E-state index is 11.9. The van der Waals surface area contributed by atoms with Crippen LogP contribution in [0.1, 0.15) is 23.6 Å². The van der Waals surface area contributed by atoms with E-state index < -0.39 is 6.04 Å². The lowest BCUT2D eigenvalue weighted by Gasteiger charge is -2.12. The molecule has 0 bridgehead atoms. The van der Waals surface area contributed by atoms with Crippen LogP contribution < -0.4 is 15.8 Å². The fraction of sp³-hybridized carbons (Fsp3) is 0.278. The third-order valence-corrected chi connectivity index (χ3v) is 3.35. The molecule has 4 nitrogen and oxygen atoms in total. The van der Waals surface area contributed by atoms with Gasteiger partial charge in [-0.1, -0.05) is 48.0 Å². The number of carbonyl (C=O) groups excluding carboxylic acids is 1. The van der Waals surface area contributed by atoms with E-state index >= 15 is 0 Å². The molecule has 3 N–H and O–H groups in total. The molecule has 0 radical (unpaired) electrons. The molecule has 2 aromatic carbocycles. The van der Waals surface area contributed by atoms with Gasteiger partial charge in [0.2, 0.25) is 5.91 Å². The SMILES string of the molecule is Cc1ccc(OCCCNC(=O)C(N)c2ccccc2)cc1.Cl. The molecule has 0 aromatic heterocycles. The van der Waals surface area contributed by atoms with Crippen LogP contribution in [-0.2, 0) is 4.79 Å². The van der Waals surface area contributed by atoms with Gasteiger partial charge in [0.25, 0.3) is 0 Å². The van der Waals surface area contributed by atoms with Gasteiger partial charge in [-0.2, -0.15) is 0 Å². The molecule has 5 heteroatoms. The minimum Gasteiger partial charge on any atom is -0.494 e. The van der Waals surface area contributed by atoms with Crippen LogP contribution in [0.4, 0.5) is 0 Å². The van der Waals surface area contributed by atoms with Crippen molar-refractivity contribution in [1.29, 1.82) is 0 Å². The van der Waals surface area contributed by atoms with Crippen molar-refractivity contribution in [2.75, 3.05) is 13.2 Å². The summed E-state index contributed by atoms with van der Waals surface area (Å²) in [5.74, 6) is 0.680. The van der Waals surface area contributed by atoms with Crippen LogP contribution in [0.3, 0.4) is 0 Å². The van der Waals surface area contributed by atoms with Crippen LogP contribution in [-0.4, -0.2) is 19.1 Å². The maximum absolute atomic E-state index is 11.9. The molecule has 2 aromatic rings. The largest absolute Gasteiger partial charge is 0.494 e. The number of carbonyl (C=O) groups is 1. The Labute approximate surface area is 143 Å². The highest BCUT2D eigenvalue weighted by atomic mass is 35.5. The molecule has 1 amide bonds. The van der Waals surface area contributed by atoms with E-state index in [1.807, 2.05) is 61.5 Å². The quantitative estimate of drug-likeness (QED) is 0.765. The van der Waals surface area contributed by atoms with Gasteiger partial charge in [0, 0.05) is 6.54 Å². The molecule has 2 rings (SSSR count). The van der Waals surface area contributed by atoms with E-state index in [-0.39, 0.29) is 18.3 Å². The summed E-state index contributed by atoms with van der Waals surface area (Å²) in [5.41, 5.74) is 7.93. The molecule has 1 unspecified atom stereocenters. The van der Waals surface area contributed by atoms with E-state index in [4.69, 9.17) is 10.5 Å². The summed E-state index contributed by atoms with van der Waals surface area (Å²) < 4.78 is 5.61. The van der Waals surface area contributed by atoms with E-state index in [2.05, 4.69) is 5.32 Å². The number of nitrogens with one attached hydrogen (secondary N) is 1. The molecular weight excluding hydrogens is 312 g/mol. The Hall–Kier alpha value is -2.04. The van der Waals surface area contributed by atoms with Crippen LogP contribution >= 0.6 is 12.4 Å². The van der Waals surface area contributed by atoms with Crippen molar-refractivity contribution in [3.63, 3.8) is 0 Å². The van der Waals surface area contributed by atoms with Crippen molar-refractivity contribution in [2.24, 2.45) is 5.73 Å². The summed E-state index contributed by atoms with van der Waals surface area (Å²) in [6.07, 6.45) is 0.737. The van der Waals surface area contributed by atoms with E-state index in [9.17, 15) is 4.79 Å². The lowest BCUT2D eigenvalue weighted by molar-refractivity contribution is -0.122. The molecule has 0 saturated carbocycles. The monoisotopic (exact) mass is 334 g/mol. The smallest absolute Gasteiger partial charge is 0.241 e. The normalized spacial score (nSPS) is 11.2. The number of nitrogens with two attached hydrogens (primary N) is 1. The van der Waals surface area contributed by atoms with Crippen molar-refractivity contribution in [2.45, 2.75) is 19.4 Å². The van der Waals surface area contributed by atoms with Crippen molar-refractivity contribution in [1.82, 2.24) is 5.32 Å². The molecule has 23 heavy (non-hydrogen) atoms. The Balaban J connectivity index is 0.00000264. The second-order valence-corrected chi connectivity index (χ2v) is 5.19. The minimum atomic E-state index is -0.626. The average Bonchev–Trinajstić information content (AvgIpc) is 2.56. The average molecular weight is 335 g/mol. The van der Waals surface area contributed by atoms with E-state index in [1.165, 1.54) is 5.56 Å². The maximum Gasteiger partial charge on any atom is 0.241 e. The zero-order valence-electron chi connectivity index (χ0n) is 13.2. The van der Waals surface area contributed by atoms with Crippen molar-refractivity contribution >= 4 is 18.3 Å². The summed E-state index contributed by atoms with van der Waals surface area (Å²) in [5, 5.41) is 2.83.